The number of nitrogens with one attached hydrogen (secondary N) is 1. The maximum absolute atomic E-state index is 12.3. The standard InChI is InChI=1S/C14H19NO9S2/c1-25(18,19)23-11-10(15-13(16)9-6-4-3-5-7-9)8-22-14(17)12(11)24-26(2,20)21/h3-7,10-12,14,17H,8H2,1-2H3,(H,15,16). The van der Waals surface area contributed by atoms with E-state index in [1.165, 1.54) is 12.1 Å². The zero-order chi connectivity index (χ0) is 19.5. The van der Waals surface area contributed by atoms with Gasteiger partial charge < -0.3 is 15.2 Å². The van der Waals surface area contributed by atoms with Gasteiger partial charge in [0, 0.05) is 5.56 Å². The van der Waals surface area contributed by atoms with Gasteiger partial charge in [-0.15, -0.1) is 0 Å². The SMILES string of the molecule is CS(=O)(=O)OC1C(NC(=O)c2ccccc2)COC(O)C1OS(C)(=O)=O. The summed E-state index contributed by atoms with van der Waals surface area (Å²) in [6.07, 6.45) is -3.49. The number of carbonyl (C=O) groups excluding carboxylic acids is 1. The van der Waals surface area contributed by atoms with Crippen molar-refractivity contribution in [2.75, 3.05) is 19.1 Å². The average molecular weight is 409 g/mol. The summed E-state index contributed by atoms with van der Waals surface area (Å²) in [4.78, 5) is 12.3. The second-order valence-electron chi connectivity index (χ2n) is 5.70. The molecule has 0 saturated carbocycles. The summed E-state index contributed by atoms with van der Waals surface area (Å²) in [6, 6.07) is 6.96. The van der Waals surface area contributed by atoms with Crippen LogP contribution in [0.3, 0.4) is 0 Å². The number of hydrogen-bond acceptors (Lipinski definition) is 9. The number of ether oxygens (including phenoxy) is 1. The fourth-order valence-corrected chi connectivity index (χ4v) is 3.63. The Bertz CT molecular complexity index is 838. The molecule has 1 aromatic rings. The van der Waals surface area contributed by atoms with Crippen LogP contribution in [0, 0.1) is 0 Å². The van der Waals surface area contributed by atoms with Gasteiger partial charge in [-0.25, -0.2) is 0 Å². The molecule has 1 fully saturated rings. The Balaban J connectivity index is 2.28. The first-order valence-electron chi connectivity index (χ1n) is 7.38. The van der Waals surface area contributed by atoms with E-state index in [1.54, 1.807) is 18.2 Å². The van der Waals surface area contributed by atoms with E-state index in [2.05, 4.69) is 5.32 Å². The van der Waals surface area contributed by atoms with Gasteiger partial charge in [0.15, 0.2) is 12.4 Å². The molecule has 0 radical (unpaired) electrons. The number of amides is 1. The van der Waals surface area contributed by atoms with Crippen LogP contribution in [0.1, 0.15) is 10.4 Å². The van der Waals surface area contributed by atoms with Crippen LogP contribution in [0.5, 0.6) is 0 Å². The lowest BCUT2D eigenvalue weighted by Crippen LogP contribution is -2.61. The van der Waals surface area contributed by atoms with Gasteiger partial charge >= 0.3 is 0 Å². The molecule has 0 bridgehead atoms. The molecule has 1 aliphatic rings. The third-order valence-electron chi connectivity index (χ3n) is 3.37. The van der Waals surface area contributed by atoms with Gasteiger partial charge in [-0.1, -0.05) is 18.2 Å². The Labute approximate surface area is 151 Å². The van der Waals surface area contributed by atoms with Gasteiger partial charge in [0.2, 0.25) is 0 Å². The quantitative estimate of drug-likeness (QED) is 0.555. The molecule has 4 unspecified atom stereocenters. The first-order chi connectivity index (χ1) is 12.0. The smallest absolute Gasteiger partial charge is 0.264 e. The monoisotopic (exact) mass is 409 g/mol. The first-order valence-corrected chi connectivity index (χ1v) is 11.0. The van der Waals surface area contributed by atoms with Crippen molar-refractivity contribution in [1.82, 2.24) is 5.32 Å². The number of aliphatic hydroxyl groups excluding tert-OH is 1. The lowest BCUT2D eigenvalue weighted by atomic mass is 10.0. The highest BCUT2D eigenvalue weighted by Crippen LogP contribution is 2.23. The van der Waals surface area contributed by atoms with E-state index in [1.807, 2.05) is 0 Å². The van der Waals surface area contributed by atoms with Crippen molar-refractivity contribution in [3.05, 3.63) is 35.9 Å². The van der Waals surface area contributed by atoms with Crippen LogP contribution < -0.4 is 5.32 Å². The van der Waals surface area contributed by atoms with Gasteiger partial charge in [-0.05, 0) is 12.1 Å². The largest absolute Gasteiger partial charge is 0.366 e. The zero-order valence-electron chi connectivity index (χ0n) is 13.9. The van der Waals surface area contributed by atoms with Crippen LogP contribution in [0.15, 0.2) is 30.3 Å². The van der Waals surface area contributed by atoms with Gasteiger partial charge in [-0.2, -0.15) is 16.8 Å². The third-order valence-corrected chi connectivity index (χ3v) is 4.52. The van der Waals surface area contributed by atoms with Crippen LogP contribution in [0.25, 0.3) is 0 Å². The van der Waals surface area contributed by atoms with Gasteiger partial charge in [-0.3, -0.25) is 13.2 Å². The fourth-order valence-electron chi connectivity index (χ4n) is 2.38. The molecule has 10 nitrogen and oxygen atoms in total. The highest BCUT2D eigenvalue weighted by Gasteiger charge is 2.46. The molecule has 0 spiro atoms. The number of hydrogen-bond donors (Lipinski definition) is 2. The molecule has 146 valence electrons. The summed E-state index contributed by atoms with van der Waals surface area (Å²) in [6.45, 7) is -0.316. The number of benzene rings is 1. The molecule has 12 heteroatoms. The average Bonchev–Trinajstić information content (AvgIpc) is 2.52. The van der Waals surface area contributed by atoms with Crippen molar-refractivity contribution in [3.8, 4) is 0 Å². The van der Waals surface area contributed by atoms with Crippen molar-refractivity contribution in [1.29, 1.82) is 0 Å². The second-order valence-corrected chi connectivity index (χ2v) is 8.90. The van der Waals surface area contributed by atoms with Crippen LogP contribution >= 0.6 is 0 Å². The summed E-state index contributed by atoms with van der Waals surface area (Å²) in [5.74, 6) is -0.559. The van der Waals surface area contributed by atoms with Crippen LogP contribution in [-0.2, 0) is 33.3 Å². The van der Waals surface area contributed by atoms with Crippen LogP contribution in [-0.4, -0.2) is 71.5 Å². The highest BCUT2D eigenvalue weighted by atomic mass is 32.2. The lowest BCUT2D eigenvalue weighted by Gasteiger charge is -2.38. The number of carbonyl (C=O) groups is 1. The Morgan fingerprint density at radius 1 is 1.08 bits per heavy atom. The van der Waals surface area contributed by atoms with E-state index in [0.717, 1.165) is 12.5 Å². The highest BCUT2D eigenvalue weighted by molar-refractivity contribution is 7.86. The summed E-state index contributed by atoms with van der Waals surface area (Å²) >= 11 is 0. The van der Waals surface area contributed by atoms with Gasteiger partial charge in [0.25, 0.3) is 26.1 Å². The van der Waals surface area contributed by atoms with E-state index in [4.69, 9.17) is 13.1 Å². The molecule has 1 aromatic carbocycles. The maximum Gasteiger partial charge on any atom is 0.264 e. The Morgan fingerprint density at radius 2 is 1.62 bits per heavy atom. The minimum atomic E-state index is -4.08. The molecule has 1 saturated heterocycles. The van der Waals surface area contributed by atoms with Crippen molar-refractivity contribution >= 4 is 26.1 Å². The summed E-state index contributed by atoms with van der Waals surface area (Å²) < 4.78 is 60.6. The van der Waals surface area contributed by atoms with E-state index >= 15 is 0 Å². The second kappa shape index (κ2) is 7.98. The minimum Gasteiger partial charge on any atom is -0.366 e. The molecule has 1 aliphatic heterocycles. The van der Waals surface area contributed by atoms with E-state index in [9.17, 15) is 26.7 Å². The fraction of sp³-hybridized carbons (Fsp3) is 0.500. The van der Waals surface area contributed by atoms with Crippen molar-refractivity contribution in [3.63, 3.8) is 0 Å². The first kappa shape index (κ1) is 20.7. The topological polar surface area (TPSA) is 145 Å². The molecule has 4 atom stereocenters. The molecule has 26 heavy (non-hydrogen) atoms. The molecule has 0 aliphatic carbocycles. The molecule has 1 amide bonds. The Morgan fingerprint density at radius 3 is 2.15 bits per heavy atom. The normalized spacial score (nSPS) is 27.0. The predicted molar refractivity (Wildman–Crippen MR) is 89.1 cm³/mol. The summed E-state index contributed by atoms with van der Waals surface area (Å²) in [7, 11) is -8.14. The van der Waals surface area contributed by atoms with Crippen molar-refractivity contribution in [2.45, 2.75) is 24.5 Å². The number of aliphatic hydroxyl groups is 1. The summed E-state index contributed by atoms with van der Waals surface area (Å²) in [5, 5.41) is 12.4. The summed E-state index contributed by atoms with van der Waals surface area (Å²) in [5.41, 5.74) is 0.289. The molecular formula is C14H19NO9S2. The molecule has 2 N–H and O–H groups in total. The lowest BCUT2D eigenvalue weighted by molar-refractivity contribution is -0.213. The Hall–Kier alpha value is -1.57. The molecular weight excluding hydrogens is 390 g/mol. The van der Waals surface area contributed by atoms with Gasteiger partial charge in [0.1, 0.15) is 6.10 Å². The van der Waals surface area contributed by atoms with E-state index < -0.39 is 50.7 Å². The predicted octanol–water partition coefficient (Wildman–Crippen LogP) is -1.18. The molecule has 2 rings (SSSR count). The Kier molecular flexibility index (Phi) is 6.37. The third kappa shape index (κ3) is 6.00. The maximum atomic E-state index is 12.3. The van der Waals surface area contributed by atoms with Crippen molar-refractivity contribution < 1.29 is 39.8 Å². The minimum absolute atomic E-state index is 0.289. The van der Waals surface area contributed by atoms with E-state index in [0.29, 0.717) is 0 Å². The number of rotatable bonds is 6. The van der Waals surface area contributed by atoms with E-state index in [-0.39, 0.29) is 12.2 Å². The van der Waals surface area contributed by atoms with Crippen molar-refractivity contribution in [2.24, 2.45) is 0 Å². The zero-order valence-corrected chi connectivity index (χ0v) is 15.6. The molecule has 1 heterocycles. The molecule has 0 aromatic heterocycles. The van der Waals surface area contributed by atoms with Crippen LogP contribution in [0.4, 0.5) is 0 Å². The van der Waals surface area contributed by atoms with Gasteiger partial charge in [0.05, 0.1) is 25.2 Å². The van der Waals surface area contributed by atoms with Crippen LogP contribution in [0.2, 0.25) is 0 Å².